The molecular formula is C12H13N5O4. The van der Waals surface area contributed by atoms with E-state index in [2.05, 4.69) is 15.5 Å². The second-order valence-corrected chi connectivity index (χ2v) is 5.43. The van der Waals surface area contributed by atoms with Gasteiger partial charge in [-0.3, -0.25) is 10.1 Å². The van der Waals surface area contributed by atoms with E-state index in [0.29, 0.717) is 5.82 Å². The molecule has 0 aliphatic rings. The van der Waals surface area contributed by atoms with Crippen LogP contribution in [0.25, 0.3) is 5.69 Å². The lowest BCUT2D eigenvalue weighted by Gasteiger charge is -2.17. The van der Waals surface area contributed by atoms with Gasteiger partial charge in [0.05, 0.1) is 16.2 Å². The topological polar surface area (TPSA) is 124 Å². The van der Waals surface area contributed by atoms with Gasteiger partial charge < -0.3 is 5.11 Å². The molecule has 1 heterocycles. The van der Waals surface area contributed by atoms with E-state index < -0.39 is 16.3 Å². The smallest absolute Gasteiger partial charge is 0.338 e. The fourth-order valence-corrected chi connectivity index (χ4v) is 1.81. The summed E-state index contributed by atoms with van der Waals surface area (Å²) in [5, 5.41) is 31.3. The molecule has 0 amide bonds. The summed E-state index contributed by atoms with van der Waals surface area (Å²) >= 11 is 0. The standard InChI is InChI=1S/C12H13N5O4/c1-12(2,3)11-13-14-15-16(11)9-5-4-7(17(20)21)6-8(9)10(18)19/h4-6H,1-3H3,(H,18,19). The van der Waals surface area contributed by atoms with Crippen LogP contribution in [-0.4, -0.2) is 36.2 Å². The molecule has 0 saturated heterocycles. The molecule has 1 aromatic carbocycles. The number of hydrogen-bond acceptors (Lipinski definition) is 6. The molecule has 2 aromatic rings. The van der Waals surface area contributed by atoms with Crippen molar-refractivity contribution in [2.45, 2.75) is 26.2 Å². The Balaban J connectivity index is 2.68. The largest absolute Gasteiger partial charge is 0.478 e. The lowest BCUT2D eigenvalue weighted by Crippen LogP contribution is -2.20. The molecule has 0 spiro atoms. The zero-order chi connectivity index (χ0) is 15.8. The van der Waals surface area contributed by atoms with Crippen LogP contribution in [0.2, 0.25) is 0 Å². The van der Waals surface area contributed by atoms with Gasteiger partial charge >= 0.3 is 5.97 Å². The van der Waals surface area contributed by atoms with Crippen molar-refractivity contribution in [3.05, 3.63) is 39.7 Å². The summed E-state index contributed by atoms with van der Waals surface area (Å²) in [6, 6.07) is 3.54. The van der Waals surface area contributed by atoms with Crippen LogP contribution in [0.5, 0.6) is 0 Å². The molecule has 9 heteroatoms. The van der Waals surface area contributed by atoms with E-state index in [9.17, 15) is 20.0 Å². The van der Waals surface area contributed by atoms with Gasteiger partial charge in [0.15, 0.2) is 5.82 Å². The van der Waals surface area contributed by atoms with Gasteiger partial charge in [0.25, 0.3) is 5.69 Å². The summed E-state index contributed by atoms with van der Waals surface area (Å²) in [5.41, 5.74) is -0.771. The Morgan fingerprint density at radius 1 is 1.38 bits per heavy atom. The summed E-state index contributed by atoms with van der Waals surface area (Å²) in [7, 11) is 0. The molecule has 0 fully saturated rings. The fraction of sp³-hybridized carbons (Fsp3) is 0.333. The van der Waals surface area contributed by atoms with Gasteiger partial charge in [-0.2, -0.15) is 4.68 Å². The molecule has 9 nitrogen and oxygen atoms in total. The number of rotatable bonds is 3. The van der Waals surface area contributed by atoms with E-state index in [0.717, 1.165) is 6.07 Å². The van der Waals surface area contributed by atoms with Crippen molar-refractivity contribution in [3.63, 3.8) is 0 Å². The Morgan fingerprint density at radius 3 is 2.57 bits per heavy atom. The normalized spacial score (nSPS) is 11.4. The van der Waals surface area contributed by atoms with Crippen molar-refractivity contribution in [2.75, 3.05) is 0 Å². The van der Waals surface area contributed by atoms with E-state index in [-0.39, 0.29) is 16.9 Å². The molecule has 0 saturated carbocycles. The Labute approximate surface area is 119 Å². The quantitative estimate of drug-likeness (QED) is 0.672. The monoisotopic (exact) mass is 291 g/mol. The van der Waals surface area contributed by atoms with Crippen LogP contribution in [0.3, 0.4) is 0 Å². The van der Waals surface area contributed by atoms with Gasteiger partial charge in [0, 0.05) is 17.5 Å². The molecule has 0 unspecified atom stereocenters. The number of benzene rings is 1. The minimum Gasteiger partial charge on any atom is -0.478 e. The molecule has 21 heavy (non-hydrogen) atoms. The number of tetrazole rings is 1. The number of non-ortho nitro benzene ring substituents is 1. The second-order valence-electron chi connectivity index (χ2n) is 5.43. The molecule has 0 aliphatic heterocycles. The summed E-state index contributed by atoms with van der Waals surface area (Å²) in [5.74, 6) is -0.831. The summed E-state index contributed by atoms with van der Waals surface area (Å²) in [6.45, 7) is 5.63. The van der Waals surface area contributed by atoms with Crippen LogP contribution in [0.1, 0.15) is 37.0 Å². The zero-order valence-corrected chi connectivity index (χ0v) is 11.6. The van der Waals surface area contributed by atoms with Crippen molar-refractivity contribution in [1.29, 1.82) is 0 Å². The number of nitro groups is 1. The maximum atomic E-state index is 11.3. The number of carbonyl (C=O) groups is 1. The Kier molecular flexibility index (Phi) is 3.42. The van der Waals surface area contributed by atoms with Crippen molar-refractivity contribution >= 4 is 11.7 Å². The minimum absolute atomic E-state index is 0.183. The van der Waals surface area contributed by atoms with E-state index in [1.54, 1.807) is 0 Å². The first kappa shape index (κ1) is 14.6. The third kappa shape index (κ3) is 2.71. The van der Waals surface area contributed by atoms with Crippen LogP contribution in [0.15, 0.2) is 18.2 Å². The minimum atomic E-state index is -1.29. The van der Waals surface area contributed by atoms with Gasteiger partial charge in [-0.05, 0) is 16.5 Å². The highest BCUT2D eigenvalue weighted by Gasteiger charge is 2.26. The van der Waals surface area contributed by atoms with Gasteiger partial charge in [-0.25, -0.2) is 4.79 Å². The third-order valence-electron chi connectivity index (χ3n) is 2.79. The van der Waals surface area contributed by atoms with E-state index in [1.807, 2.05) is 20.8 Å². The number of hydrogen-bond donors (Lipinski definition) is 1. The molecule has 0 radical (unpaired) electrons. The number of nitrogens with zero attached hydrogens (tertiary/aromatic N) is 5. The molecule has 1 N–H and O–H groups in total. The maximum Gasteiger partial charge on any atom is 0.338 e. The first-order valence-corrected chi connectivity index (χ1v) is 6.03. The highest BCUT2D eigenvalue weighted by atomic mass is 16.6. The lowest BCUT2D eigenvalue weighted by molar-refractivity contribution is -0.384. The van der Waals surface area contributed by atoms with Crippen molar-refractivity contribution in [3.8, 4) is 5.69 Å². The molecule has 110 valence electrons. The highest BCUT2D eigenvalue weighted by molar-refractivity contribution is 5.92. The molecule has 0 bridgehead atoms. The van der Waals surface area contributed by atoms with E-state index in [4.69, 9.17) is 0 Å². The predicted octanol–water partition coefficient (Wildman–Crippen LogP) is 1.57. The van der Waals surface area contributed by atoms with Crippen molar-refractivity contribution < 1.29 is 14.8 Å². The number of carboxylic acids is 1. The Morgan fingerprint density at radius 2 is 2.05 bits per heavy atom. The van der Waals surface area contributed by atoms with E-state index in [1.165, 1.54) is 16.8 Å². The molecule has 0 aliphatic carbocycles. The van der Waals surface area contributed by atoms with Gasteiger partial charge in [0.1, 0.15) is 0 Å². The van der Waals surface area contributed by atoms with Crippen molar-refractivity contribution in [2.24, 2.45) is 0 Å². The molecule has 0 atom stereocenters. The first-order chi connectivity index (χ1) is 9.71. The number of carboxylic acid groups (broad SMARTS) is 1. The van der Waals surface area contributed by atoms with Crippen LogP contribution in [0.4, 0.5) is 5.69 Å². The molecular weight excluding hydrogens is 278 g/mol. The van der Waals surface area contributed by atoms with Crippen molar-refractivity contribution in [1.82, 2.24) is 20.2 Å². The van der Waals surface area contributed by atoms with Crippen LogP contribution >= 0.6 is 0 Å². The zero-order valence-electron chi connectivity index (χ0n) is 11.6. The molecule has 2 rings (SSSR count). The fourth-order valence-electron chi connectivity index (χ4n) is 1.81. The average molecular weight is 291 g/mol. The van der Waals surface area contributed by atoms with Gasteiger partial charge in [-0.1, -0.05) is 20.8 Å². The Hall–Kier alpha value is -2.84. The summed E-state index contributed by atoms with van der Waals surface area (Å²) in [4.78, 5) is 21.5. The third-order valence-corrected chi connectivity index (χ3v) is 2.79. The van der Waals surface area contributed by atoms with Gasteiger partial charge in [0.2, 0.25) is 0 Å². The summed E-state index contributed by atoms with van der Waals surface area (Å²) < 4.78 is 1.28. The number of aromatic carboxylic acids is 1. The predicted molar refractivity (Wildman–Crippen MR) is 71.5 cm³/mol. The van der Waals surface area contributed by atoms with Crippen LogP contribution in [-0.2, 0) is 5.41 Å². The Bertz CT molecular complexity index is 717. The van der Waals surface area contributed by atoms with Crippen LogP contribution < -0.4 is 0 Å². The first-order valence-electron chi connectivity index (χ1n) is 6.03. The molecule has 1 aromatic heterocycles. The maximum absolute atomic E-state index is 11.3. The number of nitro benzene ring substituents is 1. The second kappa shape index (κ2) is 4.93. The summed E-state index contributed by atoms with van der Waals surface area (Å²) in [6.07, 6.45) is 0. The highest BCUT2D eigenvalue weighted by Crippen LogP contribution is 2.25. The number of aromatic nitrogens is 4. The average Bonchev–Trinajstić information content (AvgIpc) is 2.86. The SMILES string of the molecule is CC(C)(C)c1nnnn1-c1ccc([N+](=O)[O-])cc1C(=O)O. The van der Waals surface area contributed by atoms with E-state index >= 15 is 0 Å². The lowest BCUT2D eigenvalue weighted by atomic mass is 9.95. The van der Waals surface area contributed by atoms with Gasteiger partial charge in [-0.15, -0.1) is 5.10 Å². The van der Waals surface area contributed by atoms with Crippen LogP contribution in [0, 0.1) is 10.1 Å².